The lowest BCUT2D eigenvalue weighted by molar-refractivity contribution is -0.136. The summed E-state index contributed by atoms with van der Waals surface area (Å²) in [5.74, 6) is 2.21. The summed E-state index contributed by atoms with van der Waals surface area (Å²) in [5.41, 5.74) is 4.46. The molecule has 0 spiro atoms. The van der Waals surface area contributed by atoms with E-state index in [4.69, 9.17) is 9.72 Å². The van der Waals surface area contributed by atoms with Gasteiger partial charge >= 0.3 is 0 Å². The van der Waals surface area contributed by atoms with E-state index in [1.807, 2.05) is 12.1 Å². The maximum atomic E-state index is 13.2. The summed E-state index contributed by atoms with van der Waals surface area (Å²) in [6, 6.07) is 14.4. The summed E-state index contributed by atoms with van der Waals surface area (Å²) in [5, 5.41) is 0. The third-order valence-electron chi connectivity index (χ3n) is 6.78. The largest absolute Gasteiger partial charge is 0.497 e. The van der Waals surface area contributed by atoms with E-state index in [1.54, 1.807) is 7.11 Å². The van der Waals surface area contributed by atoms with Crippen LogP contribution in [0.15, 0.2) is 42.5 Å². The molecule has 0 radical (unpaired) electrons. The van der Waals surface area contributed by atoms with Crippen molar-refractivity contribution in [2.75, 3.05) is 56.2 Å². The lowest BCUT2D eigenvalue weighted by Crippen LogP contribution is -2.51. The van der Waals surface area contributed by atoms with Gasteiger partial charge in [-0.2, -0.15) is 0 Å². The van der Waals surface area contributed by atoms with Gasteiger partial charge in [-0.25, -0.2) is 4.98 Å². The molecular weight excluding hydrogens is 402 g/mol. The van der Waals surface area contributed by atoms with Crippen LogP contribution in [0.5, 0.6) is 5.75 Å². The summed E-state index contributed by atoms with van der Waals surface area (Å²) in [6.07, 6.45) is 1.76. The minimum absolute atomic E-state index is 0.112. The van der Waals surface area contributed by atoms with Crippen LogP contribution in [-0.2, 0) is 4.79 Å². The van der Waals surface area contributed by atoms with Crippen molar-refractivity contribution in [3.8, 4) is 5.75 Å². The lowest BCUT2D eigenvalue weighted by atomic mass is 9.95. The number of ether oxygens (including phenoxy) is 1. The molecule has 0 bridgehead atoms. The second-order valence-corrected chi connectivity index (χ2v) is 8.86. The van der Waals surface area contributed by atoms with E-state index < -0.39 is 0 Å². The first-order valence-corrected chi connectivity index (χ1v) is 11.5. The molecule has 3 heterocycles. The minimum Gasteiger partial charge on any atom is -0.497 e. The van der Waals surface area contributed by atoms with Crippen LogP contribution >= 0.6 is 0 Å². The number of aromatic nitrogens is 2. The Bertz CT molecular complexity index is 1090. The zero-order chi connectivity index (χ0) is 22.1. The highest BCUT2D eigenvalue weighted by Crippen LogP contribution is 2.27. The molecule has 0 aliphatic carbocycles. The average molecular weight is 434 g/mol. The number of carbonyl (C=O) groups is 1. The molecule has 2 aromatic carbocycles. The maximum absolute atomic E-state index is 13.2. The molecule has 168 valence electrons. The van der Waals surface area contributed by atoms with Gasteiger partial charge in [-0.1, -0.05) is 12.1 Å². The second-order valence-electron chi connectivity index (χ2n) is 8.86. The molecule has 1 aromatic heterocycles. The van der Waals surface area contributed by atoms with Gasteiger partial charge in [-0.05, 0) is 49.6 Å². The zero-order valence-electron chi connectivity index (χ0n) is 18.9. The Morgan fingerprint density at radius 2 is 1.78 bits per heavy atom. The first-order valence-electron chi connectivity index (χ1n) is 11.5. The fourth-order valence-corrected chi connectivity index (χ4v) is 4.85. The van der Waals surface area contributed by atoms with Crippen molar-refractivity contribution in [3.05, 3.63) is 48.0 Å². The molecule has 1 N–H and O–H groups in total. The SMILES string of the molecule is COc1cccc(N2CCN(C(=O)C3CCN(c4nc5ccc(C)cc5[nH]4)CC3)CC2)c1. The number of carbonyl (C=O) groups excluding carboxylic acids is 1. The molecule has 7 heteroatoms. The van der Waals surface area contributed by atoms with Crippen molar-refractivity contribution in [1.29, 1.82) is 0 Å². The highest BCUT2D eigenvalue weighted by atomic mass is 16.5. The van der Waals surface area contributed by atoms with Gasteiger partial charge in [0, 0.05) is 56.9 Å². The molecule has 2 aliphatic rings. The van der Waals surface area contributed by atoms with Crippen LogP contribution in [0.4, 0.5) is 11.6 Å². The topological polar surface area (TPSA) is 64.7 Å². The van der Waals surface area contributed by atoms with Crippen LogP contribution in [0.1, 0.15) is 18.4 Å². The van der Waals surface area contributed by atoms with Crippen LogP contribution in [0, 0.1) is 12.8 Å². The summed E-state index contributed by atoms with van der Waals surface area (Å²) in [4.78, 5) is 28.0. The van der Waals surface area contributed by atoms with Gasteiger partial charge in [0.1, 0.15) is 5.75 Å². The quantitative estimate of drug-likeness (QED) is 0.683. The molecule has 0 saturated carbocycles. The Morgan fingerprint density at radius 3 is 2.53 bits per heavy atom. The smallest absolute Gasteiger partial charge is 0.225 e. The molecule has 7 nitrogen and oxygen atoms in total. The Labute approximate surface area is 189 Å². The van der Waals surface area contributed by atoms with E-state index in [9.17, 15) is 4.79 Å². The van der Waals surface area contributed by atoms with E-state index in [0.717, 1.165) is 80.5 Å². The van der Waals surface area contributed by atoms with Gasteiger partial charge < -0.3 is 24.4 Å². The third-order valence-corrected chi connectivity index (χ3v) is 6.78. The van der Waals surface area contributed by atoms with Gasteiger partial charge in [-0.3, -0.25) is 4.79 Å². The Balaban J connectivity index is 1.15. The van der Waals surface area contributed by atoms with Crippen LogP contribution in [0.2, 0.25) is 0 Å². The van der Waals surface area contributed by atoms with Crippen LogP contribution in [0.3, 0.4) is 0 Å². The van der Waals surface area contributed by atoms with Gasteiger partial charge in [0.2, 0.25) is 11.9 Å². The van der Waals surface area contributed by atoms with Crippen molar-refractivity contribution >= 4 is 28.6 Å². The van der Waals surface area contributed by atoms with Crippen molar-refractivity contribution in [3.63, 3.8) is 0 Å². The molecule has 32 heavy (non-hydrogen) atoms. The number of anilines is 2. The van der Waals surface area contributed by atoms with E-state index in [-0.39, 0.29) is 5.92 Å². The molecule has 2 saturated heterocycles. The fourth-order valence-electron chi connectivity index (χ4n) is 4.85. The number of piperidine rings is 1. The number of aromatic amines is 1. The Kier molecular flexibility index (Phi) is 5.64. The normalized spacial score (nSPS) is 17.8. The third kappa shape index (κ3) is 4.11. The van der Waals surface area contributed by atoms with E-state index in [0.29, 0.717) is 5.91 Å². The van der Waals surface area contributed by atoms with Crippen molar-refractivity contribution < 1.29 is 9.53 Å². The number of hydrogen-bond acceptors (Lipinski definition) is 5. The minimum atomic E-state index is 0.112. The molecule has 5 rings (SSSR count). The summed E-state index contributed by atoms with van der Waals surface area (Å²) in [7, 11) is 1.69. The van der Waals surface area contributed by atoms with Crippen LogP contribution < -0.4 is 14.5 Å². The Morgan fingerprint density at radius 1 is 1.00 bits per heavy atom. The first kappa shape index (κ1) is 20.7. The fraction of sp³-hybridized carbons (Fsp3) is 0.440. The van der Waals surface area contributed by atoms with Crippen molar-refractivity contribution in [2.45, 2.75) is 19.8 Å². The number of imidazole rings is 1. The van der Waals surface area contributed by atoms with Gasteiger partial charge in [-0.15, -0.1) is 0 Å². The predicted octanol–water partition coefficient (Wildman–Crippen LogP) is 3.45. The number of aryl methyl sites for hydroxylation is 1. The monoisotopic (exact) mass is 433 g/mol. The van der Waals surface area contributed by atoms with Crippen LogP contribution in [0.25, 0.3) is 11.0 Å². The first-order chi connectivity index (χ1) is 15.6. The lowest BCUT2D eigenvalue weighted by Gasteiger charge is -2.39. The van der Waals surface area contributed by atoms with Crippen molar-refractivity contribution in [1.82, 2.24) is 14.9 Å². The number of rotatable bonds is 4. The number of H-pyrrole nitrogens is 1. The molecular formula is C25H31N5O2. The van der Waals surface area contributed by atoms with Gasteiger partial charge in [0.25, 0.3) is 0 Å². The predicted molar refractivity (Wildman–Crippen MR) is 128 cm³/mol. The highest BCUT2D eigenvalue weighted by molar-refractivity contribution is 5.80. The number of methoxy groups -OCH3 is 1. The number of nitrogens with one attached hydrogen (secondary N) is 1. The summed E-state index contributed by atoms with van der Waals surface area (Å²) >= 11 is 0. The number of hydrogen-bond donors (Lipinski definition) is 1. The van der Waals surface area contributed by atoms with Gasteiger partial charge in [0.05, 0.1) is 18.1 Å². The maximum Gasteiger partial charge on any atom is 0.225 e. The highest BCUT2D eigenvalue weighted by Gasteiger charge is 2.31. The van der Waals surface area contributed by atoms with Crippen molar-refractivity contribution in [2.24, 2.45) is 5.92 Å². The molecule has 2 fully saturated rings. The van der Waals surface area contributed by atoms with Gasteiger partial charge in [0.15, 0.2) is 0 Å². The average Bonchev–Trinajstić information content (AvgIpc) is 3.27. The molecule has 3 aromatic rings. The van der Waals surface area contributed by atoms with E-state index in [1.165, 1.54) is 5.56 Å². The number of piperazine rings is 1. The number of fused-ring (bicyclic) bond motifs is 1. The second kappa shape index (κ2) is 8.73. The van der Waals surface area contributed by atoms with E-state index >= 15 is 0 Å². The summed E-state index contributed by atoms with van der Waals surface area (Å²) in [6.45, 7) is 7.08. The number of nitrogens with zero attached hydrogens (tertiary/aromatic N) is 4. The number of amides is 1. The Hall–Kier alpha value is -3.22. The zero-order valence-corrected chi connectivity index (χ0v) is 18.9. The van der Waals surface area contributed by atoms with E-state index in [2.05, 4.69) is 56.9 Å². The number of benzene rings is 2. The summed E-state index contributed by atoms with van der Waals surface area (Å²) < 4.78 is 5.35. The molecule has 0 unspecified atom stereocenters. The molecule has 0 atom stereocenters. The van der Waals surface area contributed by atoms with Crippen LogP contribution in [-0.4, -0.2) is 67.2 Å². The standard InChI is InChI=1S/C25H31N5O2/c1-18-6-7-22-23(16-18)27-25(26-22)30-10-8-19(9-11-30)24(31)29-14-12-28(13-15-29)20-4-3-5-21(17-20)32-2/h3-7,16-17,19H,8-15H2,1-2H3,(H,26,27). The molecule has 2 aliphatic heterocycles. The molecule has 1 amide bonds.